The zero-order chi connectivity index (χ0) is 23.0. The maximum atomic E-state index is 12.9. The molecular weight excluding hydrogens is 436 g/mol. The maximum Gasteiger partial charge on any atom is 0.323 e. The molecular formula is C21H24N4O4S2. The zero-order valence-corrected chi connectivity index (χ0v) is 19.5. The van der Waals surface area contributed by atoms with Gasteiger partial charge in [-0.3, -0.25) is 23.9 Å². The summed E-state index contributed by atoms with van der Waals surface area (Å²) >= 11 is 6.22. The monoisotopic (exact) mass is 460 g/mol. The second-order valence-corrected chi connectivity index (χ2v) is 9.90. The van der Waals surface area contributed by atoms with Crippen LogP contribution in [0.1, 0.15) is 37.0 Å². The molecule has 2 atom stereocenters. The molecule has 8 nitrogen and oxygen atoms in total. The minimum atomic E-state index is -1.15. The first-order valence-corrected chi connectivity index (χ1v) is 11.1. The quantitative estimate of drug-likeness (QED) is 0.539. The number of aliphatic carboxylic acids is 1. The van der Waals surface area contributed by atoms with Crippen molar-refractivity contribution in [1.29, 1.82) is 5.26 Å². The Morgan fingerprint density at radius 3 is 2.48 bits per heavy atom. The molecule has 2 saturated heterocycles. The van der Waals surface area contributed by atoms with Crippen molar-refractivity contribution < 1.29 is 14.7 Å². The maximum absolute atomic E-state index is 12.9. The first kappa shape index (κ1) is 23.0. The van der Waals surface area contributed by atoms with Crippen LogP contribution in [0, 0.1) is 30.1 Å². The highest BCUT2D eigenvalue weighted by Gasteiger charge is 2.35. The van der Waals surface area contributed by atoms with E-state index in [1.165, 1.54) is 4.57 Å². The number of carboxylic acids is 1. The molecule has 1 aromatic rings. The Bertz CT molecular complexity index is 1090. The topological polar surface area (TPSA) is 107 Å². The number of aromatic nitrogens is 1. The number of nitriles is 1. The van der Waals surface area contributed by atoms with E-state index in [-0.39, 0.29) is 20.3 Å². The van der Waals surface area contributed by atoms with E-state index in [0.29, 0.717) is 28.8 Å². The fourth-order valence-corrected chi connectivity index (χ4v) is 5.57. The molecule has 2 unspecified atom stereocenters. The Morgan fingerprint density at radius 2 is 1.94 bits per heavy atom. The number of amides is 1. The molecule has 0 spiro atoms. The SMILES string of the molecule is Cc1c(C=C2SC(=S)N(CC(=O)O)C2=O)c(N2CC(C)CC(C)C2)n(C)c(=O)c1C#N. The van der Waals surface area contributed by atoms with Crippen LogP contribution in [0.25, 0.3) is 6.08 Å². The Hall–Kier alpha value is -2.64. The molecule has 0 aromatic carbocycles. The smallest absolute Gasteiger partial charge is 0.323 e. The van der Waals surface area contributed by atoms with Gasteiger partial charge in [-0.25, -0.2) is 0 Å². The van der Waals surface area contributed by atoms with Gasteiger partial charge in [-0.2, -0.15) is 5.26 Å². The predicted molar refractivity (Wildman–Crippen MR) is 124 cm³/mol. The molecule has 0 saturated carbocycles. The van der Waals surface area contributed by atoms with Gasteiger partial charge in [-0.15, -0.1) is 0 Å². The number of hydrogen-bond acceptors (Lipinski definition) is 7. The Balaban J connectivity index is 2.19. The van der Waals surface area contributed by atoms with Gasteiger partial charge in [0.25, 0.3) is 11.5 Å². The molecule has 1 amide bonds. The molecule has 2 aliphatic heterocycles. The number of rotatable bonds is 4. The summed E-state index contributed by atoms with van der Waals surface area (Å²) in [5, 5.41) is 18.6. The third-order valence-corrected chi connectivity index (χ3v) is 6.96. The molecule has 0 radical (unpaired) electrons. The van der Waals surface area contributed by atoms with Gasteiger partial charge in [0.2, 0.25) is 0 Å². The molecule has 2 fully saturated rings. The van der Waals surface area contributed by atoms with Gasteiger partial charge in [-0.1, -0.05) is 37.8 Å². The Labute approximate surface area is 190 Å². The lowest BCUT2D eigenvalue weighted by molar-refractivity contribution is -0.140. The van der Waals surface area contributed by atoms with Crippen LogP contribution in [0.15, 0.2) is 9.70 Å². The van der Waals surface area contributed by atoms with Crippen molar-refractivity contribution in [3.8, 4) is 6.07 Å². The highest BCUT2D eigenvalue weighted by Crippen LogP contribution is 2.36. The summed E-state index contributed by atoms with van der Waals surface area (Å²) in [5.41, 5.74) is 0.749. The van der Waals surface area contributed by atoms with Gasteiger partial charge in [-0.05, 0) is 36.8 Å². The highest BCUT2D eigenvalue weighted by molar-refractivity contribution is 8.26. The van der Waals surface area contributed by atoms with Gasteiger partial charge >= 0.3 is 5.97 Å². The van der Waals surface area contributed by atoms with E-state index in [1.54, 1.807) is 20.0 Å². The lowest BCUT2D eigenvalue weighted by Gasteiger charge is -2.38. The lowest BCUT2D eigenvalue weighted by Crippen LogP contribution is -2.42. The number of hydrogen-bond donors (Lipinski definition) is 1. The number of carbonyl (C=O) groups is 2. The van der Waals surface area contributed by atoms with Gasteiger partial charge in [0.15, 0.2) is 0 Å². The molecule has 0 bridgehead atoms. The van der Waals surface area contributed by atoms with Crippen LogP contribution in [0.5, 0.6) is 0 Å². The number of carboxylic acid groups (broad SMARTS) is 1. The third kappa shape index (κ3) is 4.38. The molecule has 3 heterocycles. The largest absolute Gasteiger partial charge is 0.480 e. The number of pyridine rings is 1. The normalized spacial score (nSPS) is 22.9. The molecule has 1 N–H and O–H groups in total. The molecule has 3 rings (SSSR count). The second-order valence-electron chi connectivity index (χ2n) is 8.23. The standard InChI is InChI=1S/C21H24N4O4S2/c1-11-5-12(2)9-24(8-11)18-14(13(3)15(7-22)19(28)23(18)4)6-16-20(29)25(10-17(26)27)21(30)31-16/h6,11-12H,5,8-10H2,1-4H3,(H,26,27). The van der Waals surface area contributed by atoms with Crippen molar-refractivity contribution in [2.24, 2.45) is 18.9 Å². The van der Waals surface area contributed by atoms with E-state index in [4.69, 9.17) is 17.3 Å². The summed E-state index contributed by atoms with van der Waals surface area (Å²) in [6, 6.07) is 1.99. The average molecular weight is 461 g/mol. The number of thiocarbonyl (C=S) groups is 1. The molecule has 164 valence electrons. The Kier molecular flexibility index (Phi) is 6.57. The minimum absolute atomic E-state index is 0.0246. The van der Waals surface area contributed by atoms with Crippen molar-refractivity contribution in [2.75, 3.05) is 24.5 Å². The first-order valence-electron chi connectivity index (χ1n) is 9.90. The first-order chi connectivity index (χ1) is 14.5. The Morgan fingerprint density at radius 1 is 1.32 bits per heavy atom. The molecule has 2 aliphatic rings. The molecule has 10 heteroatoms. The van der Waals surface area contributed by atoms with E-state index in [2.05, 4.69) is 18.7 Å². The van der Waals surface area contributed by atoms with Gasteiger partial charge in [0.05, 0.1) is 4.91 Å². The van der Waals surface area contributed by atoms with Crippen LogP contribution < -0.4 is 10.5 Å². The average Bonchev–Trinajstić information content (AvgIpc) is 2.93. The van der Waals surface area contributed by atoms with Crippen LogP contribution in [0.4, 0.5) is 5.82 Å². The predicted octanol–water partition coefficient (Wildman–Crippen LogP) is 2.33. The van der Waals surface area contributed by atoms with E-state index >= 15 is 0 Å². The zero-order valence-electron chi connectivity index (χ0n) is 17.8. The van der Waals surface area contributed by atoms with Crippen LogP contribution in [0.2, 0.25) is 0 Å². The number of piperidine rings is 1. The second kappa shape index (κ2) is 8.85. The van der Waals surface area contributed by atoms with E-state index in [1.807, 2.05) is 6.07 Å². The van der Waals surface area contributed by atoms with Gasteiger partial charge in [0.1, 0.15) is 28.3 Å². The number of thioether (sulfide) groups is 1. The molecule has 0 aliphatic carbocycles. The van der Waals surface area contributed by atoms with Crippen molar-refractivity contribution >= 4 is 52.1 Å². The van der Waals surface area contributed by atoms with Crippen molar-refractivity contribution in [3.05, 3.63) is 31.9 Å². The highest BCUT2D eigenvalue weighted by atomic mass is 32.2. The summed E-state index contributed by atoms with van der Waals surface area (Å²) < 4.78 is 1.64. The molecule has 1 aromatic heterocycles. The van der Waals surface area contributed by atoms with Gasteiger partial charge in [0, 0.05) is 25.7 Å². The summed E-state index contributed by atoms with van der Waals surface area (Å²) in [5.74, 6) is -0.133. The summed E-state index contributed by atoms with van der Waals surface area (Å²) in [7, 11) is 1.63. The summed E-state index contributed by atoms with van der Waals surface area (Å²) in [4.78, 5) is 40.2. The van der Waals surface area contributed by atoms with Crippen molar-refractivity contribution in [3.63, 3.8) is 0 Å². The lowest BCUT2D eigenvalue weighted by atomic mass is 9.91. The van der Waals surface area contributed by atoms with Crippen molar-refractivity contribution in [1.82, 2.24) is 9.47 Å². The molecule has 31 heavy (non-hydrogen) atoms. The van der Waals surface area contributed by atoms with Crippen LogP contribution >= 0.6 is 24.0 Å². The van der Waals surface area contributed by atoms with Crippen LogP contribution in [-0.2, 0) is 16.6 Å². The third-order valence-electron chi connectivity index (χ3n) is 5.58. The summed E-state index contributed by atoms with van der Waals surface area (Å²) in [6.07, 6.45) is 2.72. The van der Waals surface area contributed by atoms with Crippen LogP contribution in [-0.4, -0.2) is 50.4 Å². The fourth-order valence-electron chi connectivity index (χ4n) is 4.33. The van der Waals surface area contributed by atoms with E-state index < -0.39 is 18.4 Å². The summed E-state index contributed by atoms with van der Waals surface area (Å²) in [6.45, 7) is 7.02. The van der Waals surface area contributed by atoms with E-state index in [9.17, 15) is 19.6 Å². The van der Waals surface area contributed by atoms with E-state index in [0.717, 1.165) is 36.2 Å². The fraction of sp³-hybridized carbons (Fsp3) is 0.476. The number of nitrogens with zero attached hydrogens (tertiary/aromatic N) is 4. The minimum Gasteiger partial charge on any atom is -0.480 e. The number of anilines is 1. The number of carbonyl (C=O) groups excluding carboxylic acids is 1. The van der Waals surface area contributed by atoms with Crippen molar-refractivity contribution in [2.45, 2.75) is 27.2 Å². The van der Waals surface area contributed by atoms with Crippen LogP contribution in [0.3, 0.4) is 0 Å². The van der Waals surface area contributed by atoms with Gasteiger partial charge < -0.3 is 10.0 Å².